The minimum absolute atomic E-state index is 0.0392. The Bertz CT molecular complexity index is 923. The van der Waals surface area contributed by atoms with Crippen LogP contribution in [0.4, 0.5) is 23.0 Å². The molecule has 138 valence electrons. The lowest BCUT2D eigenvalue weighted by molar-refractivity contribution is 0.101. The van der Waals surface area contributed by atoms with Gasteiger partial charge in [-0.05, 0) is 57.2 Å². The molecule has 2 aromatic carbocycles. The predicted octanol–water partition coefficient (Wildman–Crippen LogP) is 4.95. The molecule has 1 heterocycles. The van der Waals surface area contributed by atoms with Crippen molar-refractivity contribution < 1.29 is 9.53 Å². The minimum Gasteiger partial charge on any atom is -0.489 e. The molecular weight excluding hydrogens is 340 g/mol. The summed E-state index contributed by atoms with van der Waals surface area (Å²) in [5, 5.41) is 6.48. The van der Waals surface area contributed by atoms with E-state index in [9.17, 15) is 4.79 Å². The fourth-order valence-corrected chi connectivity index (χ4v) is 2.49. The van der Waals surface area contributed by atoms with Crippen LogP contribution >= 0.6 is 0 Å². The third kappa shape index (κ3) is 5.04. The summed E-state index contributed by atoms with van der Waals surface area (Å²) in [6.07, 6.45) is 1.56. The minimum atomic E-state index is 0.0392. The highest BCUT2D eigenvalue weighted by molar-refractivity contribution is 5.94. The van der Waals surface area contributed by atoms with Gasteiger partial charge in [0.15, 0.2) is 5.78 Å². The van der Waals surface area contributed by atoms with E-state index in [1.54, 1.807) is 19.1 Å². The van der Waals surface area contributed by atoms with Crippen LogP contribution in [0.2, 0.25) is 0 Å². The second-order valence-corrected chi connectivity index (χ2v) is 6.33. The Morgan fingerprint density at radius 2 is 1.63 bits per heavy atom. The van der Waals surface area contributed by atoms with Crippen molar-refractivity contribution in [3.05, 3.63) is 66.5 Å². The molecule has 0 unspecified atom stereocenters. The zero-order valence-corrected chi connectivity index (χ0v) is 15.6. The maximum Gasteiger partial charge on any atom is 0.159 e. The molecule has 3 aromatic rings. The van der Waals surface area contributed by atoms with Crippen LogP contribution in [0, 0.1) is 0 Å². The molecule has 0 saturated heterocycles. The molecule has 0 atom stereocenters. The average Bonchev–Trinajstić information content (AvgIpc) is 2.64. The Morgan fingerprint density at radius 3 is 2.30 bits per heavy atom. The highest BCUT2D eigenvalue weighted by Crippen LogP contribution is 2.28. The molecule has 0 saturated carbocycles. The number of rotatable bonds is 7. The SMILES string of the molecule is CC(=O)c1ccc(Nc2cc(Nc3ccccc3OC(C)C)ncn2)cc1. The maximum atomic E-state index is 11.4. The van der Waals surface area contributed by atoms with E-state index in [0.29, 0.717) is 17.2 Å². The Balaban J connectivity index is 1.75. The van der Waals surface area contributed by atoms with E-state index in [1.807, 2.05) is 56.3 Å². The number of para-hydroxylation sites is 2. The molecule has 27 heavy (non-hydrogen) atoms. The summed E-state index contributed by atoms with van der Waals surface area (Å²) < 4.78 is 5.82. The van der Waals surface area contributed by atoms with Crippen molar-refractivity contribution in [2.75, 3.05) is 10.6 Å². The summed E-state index contributed by atoms with van der Waals surface area (Å²) in [6.45, 7) is 5.52. The molecule has 0 spiro atoms. The Hall–Kier alpha value is -3.41. The van der Waals surface area contributed by atoms with Crippen LogP contribution in [-0.4, -0.2) is 21.9 Å². The van der Waals surface area contributed by atoms with Crippen LogP contribution in [0.15, 0.2) is 60.9 Å². The Morgan fingerprint density at radius 1 is 0.963 bits per heavy atom. The largest absolute Gasteiger partial charge is 0.489 e. The van der Waals surface area contributed by atoms with Gasteiger partial charge in [0.2, 0.25) is 0 Å². The normalized spacial score (nSPS) is 10.5. The van der Waals surface area contributed by atoms with Gasteiger partial charge in [0.05, 0.1) is 11.8 Å². The quantitative estimate of drug-likeness (QED) is 0.579. The number of nitrogens with one attached hydrogen (secondary N) is 2. The number of benzene rings is 2. The van der Waals surface area contributed by atoms with Crippen LogP contribution in [0.5, 0.6) is 5.75 Å². The molecule has 3 rings (SSSR count). The number of anilines is 4. The van der Waals surface area contributed by atoms with E-state index in [4.69, 9.17) is 4.74 Å². The molecular formula is C21H22N4O2. The summed E-state index contributed by atoms with van der Waals surface area (Å²) in [6, 6.07) is 16.8. The fourth-order valence-electron chi connectivity index (χ4n) is 2.49. The first-order valence-electron chi connectivity index (χ1n) is 8.74. The molecule has 0 radical (unpaired) electrons. The first-order chi connectivity index (χ1) is 13.0. The molecule has 2 N–H and O–H groups in total. The summed E-state index contributed by atoms with van der Waals surface area (Å²) in [5.74, 6) is 2.09. The summed E-state index contributed by atoms with van der Waals surface area (Å²) in [7, 11) is 0. The van der Waals surface area contributed by atoms with Crippen molar-refractivity contribution >= 4 is 28.8 Å². The van der Waals surface area contributed by atoms with Gasteiger partial charge in [-0.15, -0.1) is 0 Å². The topological polar surface area (TPSA) is 76.1 Å². The highest BCUT2D eigenvalue weighted by Gasteiger charge is 2.07. The monoisotopic (exact) mass is 362 g/mol. The predicted molar refractivity (Wildman–Crippen MR) is 107 cm³/mol. The lowest BCUT2D eigenvalue weighted by Gasteiger charge is -2.15. The second kappa shape index (κ2) is 8.31. The van der Waals surface area contributed by atoms with Crippen molar-refractivity contribution in [2.24, 2.45) is 0 Å². The number of aromatic nitrogens is 2. The van der Waals surface area contributed by atoms with Gasteiger partial charge in [-0.1, -0.05) is 12.1 Å². The number of hydrogen-bond acceptors (Lipinski definition) is 6. The average molecular weight is 362 g/mol. The standard InChI is InChI=1S/C21H22N4O2/c1-14(2)27-19-7-5-4-6-18(19)25-21-12-20(22-13-23-21)24-17-10-8-16(9-11-17)15(3)26/h4-14H,1-3H3,(H2,22,23,24,25). The van der Waals surface area contributed by atoms with Crippen LogP contribution < -0.4 is 15.4 Å². The zero-order valence-electron chi connectivity index (χ0n) is 15.6. The fraction of sp³-hybridized carbons (Fsp3) is 0.190. The highest BCUT2D eigenvalue weighted by atomic mass is 16.5. The summed E-state index contributed by atoms with van der Waals surface area (Å²) in [5.41, 5.74) is 2.35. The van der Waals surface area contributed by atoms with E-state index >= 15 is 0 Å². The van der Waals surface area contributed by atoms with E-state index in [2.05, 4.69) is 20.6 Å². The first-order valence-corrected chi connectivity index (χ1v) is 8.74. The van der Waals surface area contributed by atoms with Gasteiger partial charge in [0.25, 0.3) is 0 Å². The van der Waals surface area contributed by atoms with Crippen LogP contribution in [-0.2, 0) is 0 Å². The van der Waals surface area contributed by atoms with Crippen molar-refractivity contribution in [1.29, 1.82) is 0 Å². The van der Waals surface area contributed by atoms with Gasteiger partial charge in [-0.3, -0.25) is 4.79 Å². The van der Waals surface area contributed by atoms with E-state index in [1.165, 1.54) is 6.33 Å². The molecule has 0 bridgehead atoms. The van der Waals surface area contributed by atoms with Gasteiger partial charge in [0.1, 0.15) is 23.7 Å². The molecule has 0 aliphatic carbocycles. The summed E-state index contributed by atoms with van der Waals surface area (Å²) >= 11 is 0. The molecule has 0 fully saturated rings. The molecule has 1 aromatic heterocycles. The smallest absolute Gasteiger partial charge is 0.159 e. The van der Waals surface area contributed by atoms with Gasteiger partial charge in [-0.2, -0.15) is 0 Å². The lowest BCUT2D eigenvalue weighted by atomic mass is 10.1. The Kier molecular flexibility index (Phi) is 5.66. The summed E-state index contributed by atoms with van der Waals surface area (Å²) in [4.78, 5) is 19.9. The lowest BCUT2D eigenvalue weighted by Crippen LogP contribution is -2.07. The number of carbonyl (C=O) groups is 1. The second-order valence-electron chi connectivity index (χ2n) is 6.33. The molecule has 6 nitrogen and oxygen atoms in total. The van der Waals surface area contributed by atoms with Gasteiger partial charge < -0.3 is 15.4 Å². The molecule has 0 amide bonds. The van der Waals surface area contributed by atoms with Crippen LogP contribution in [0.1, 0.15) is 31.1 Å². The van der Waals surface area contributed by atoms with Crippen LogP contribution in [0.3, 0.4) is 0 Å². The van der Waals surface area contributed by atoms with Crippen molar-refractivity contribution in [1.82, 2.24) is 9.97 Å². The first kappa shape index (κ1) is 18.4. The van der Waals surface area contributed by atoms with Crippen molar-refractivity contribution in [3.8, 4) is 5.75 Å². The Labute approximate surface area is 158 Å². The molecule has 6 heteroatoms. The zero-order chi connectivity index (χ0) is 19.2. The third-order valence-corrected chi connectivity index (χ3v) is 3.74. The number of Topliss-reactive ketones (excluding diaryl/α,β-unsaturated/α-hetero) is 1. The van der Waals surface area contributed by atoms with Gasteiger partial charge >= 0.3 is 0 Å². The van der Waals surface area contributed by atoms with E-state index in [-0.39, 0.29) is 11.9 Å². The van der Waals surface area contributed by atoms with E-state index < -0.39 is 0 Å². The van der Waals surface area contributed by atoms with Gasteiger partial charge in [0, 0.05) is 17.3 Å². The van der Waals surface area contributed by atoms with Gasteiger partial charge in [-0.25, -0.2) is 9.97 Å². The number of ketones is 1. The number of ether oxygens (including phenoxy) is 1. The number of carbonyl (C=O) groups excluding carboxylic acids is 1. The number of hydrogen-bond donors (Lipinski definition) is 2. The number of nitrogens with zero attached hydrogens (tertiary/aromatic N) is 2. The van der Waals surface area contributed by atoms with Crippen LogP contribution in [0.25, 0.3) is 0 Å². The molecule has 0 aliphatic heterocycles. The van der Waals surface area contributed by atoms with Crippen molar-refractivity contribution in [2.45, 2.75) is 26.9 Å². The van der Waals surface area contributed by atoms with E-state index in [0.717, 1.165) is 17.1 Å². The van der Waals surface area contributed by atoms with Crippen molar-refractivity contribution in [3.63, 3.8) is 0 Å². The molecule has 0 aliphatic rings. The third-order valence-electron chi connectivity index (χ3n) is 3.74. The maximum absolute atomic E-state index is 11.4.